The number of ether oxygens (including phenoxy) is 1. The summed E-state index contributed by atoms with van der Waals surface area (Å²) in [7, 11) is 2.18. The van der Waals surface area contributed by atoms with Crippen LogP contribution in [-0.2, 0) is 0 Å². The molecule has 5 heteroatoms. The van der Waals surface area contributed by atoms with E-state index in [1.54, 1.807) is 0 Å². The molecule has 1 aromatic heterocycles. The third-order valence-electron chi connectivity index (χ3n) is 3.35. The lowest BCUT2D eigenvalue weighted by Gasteiger charge is -2.32. The van der Waals surface area contributed by atoms with Crippen molar-refractivity contribution in [1.82, 2.24) is 14.8 Å². The Morgan fingerprint density at radius 2 is 2.05 bits per heavy atom. The predicted octanol–water partition coefficient (Wildman–Crippen LogP) is 1.14. The summed E-state index contributed by atoms with van der Waals surface area (Å²) in [5.74, 6) is 1.58. The fourth-order valence-electron chi connectivity index (χ4n) is 2.16. The quantitative estimate of drug-likeness (QED) is 0.834. The van der Waals surface area contributed by atoms with E-state index in [-0.39, 0.29) is 0 Å². The largest absolute Gasteiger partial charge is 0.478 e. The molecule has 19 heavy (non-hydrogen) atoms. The molecule has 1 aromatic rings. The molecule has 1 aliphatic rings. The Morgan fingerprint density at radius 3 is 2.79 bits per heavy atom. The molecule has 0 unspecified atom stereocenters. The van der Waals surface area contributed by atoms with Crippen molar-refractivity contribution >= 4 is 5.82 Å². The number of hydrogen-bond acceptors (Lipinski definition) is 5. The monoisotopic (exact) mass is 264 g/mol. The van der Waals surface area contributed by atoms with Crippen molar-refractivity contribution in [1.29, 1.82) is 0 Å². The summed E-state index contributed by atoms with van der Waals surface area (Å²) < 4.78 is 5.39. The number of likely N-dealkylation sites (N-methyl/N-ethyl adjacent to an activating group) is 1. The van der Waals surface area contributed by atoms with Gasteiger partial charge in [0.25, 0.3) is 0 Å². The van der Waals surface area contributed by atoms with Crippen molar-refractivity contribution in [3.8, 4) is 5.88 Å². The zero-order chi connectivity index (χ0) is 13.5. The number of hydrogen-bond donors (Lipinski definition) is 1. The maximum atomic E-state index is 5.39. The van der Waals surface area contributed by atoms with Crippen LogP contribution in [0, 0.1) is 0 Å². The molecule has 2 heterocycles. The molecule has 0 aromatic carbocycles. The molecule has 5 nitrogen and oxygen atoms in total. The van der Waals surface area contributed by atoms with E-state index >= 15 is 0 Å². The van der Waals surface area contributed by atoms with Crippen LogP contribution in [0.25, 0.3) is 0 Å². The fourth-order valence-corrected chi connectivity index (χ4v) is 2.16. The van der Waals surface area contributed by atoms with Crippen molar-refractivity contribution in [2.24, 2.45) is 0 Å². The number of anilines is 1. The molecular formula is C14H24N4O. The van der Waals surface area contributed by atoms with E-state index in [1.165, 1.54) is 0 Å². The summed E-state index contributed by atoms with van der Waals surface area (Å²) in [4.78, 5) is 9.25. The molecule has 0 saturated carbocycles. The van der Waals surface area contributed by atoms with E-state index in [0.29, 0.717) is 12.5 Å². The summed E-state index contributed by atoms with van der Waals surface area (Å²) in [6.07, 6.45) is 0. The van der Waals surface area contributed by atoms with Crippen molar-refractivity contribution in [3.63, 3.8) is 0 Å². The minimum Gasteiger partial charge on any atom is -0.478 e. The van der Waals surface area contributed by atoms with Gasteiger partial charge in [0.1, 0.15) is 5.82 Å². The van der Waals surface area contributed by atoms with Gasteiger partial charge >= 0.3 is 0 Å². The summed E-state index contributed by atoms with van der Waals surface area (Å²) in [5, 5.41) is 3.36. The van der Waals surface area contributed by atoms with Crippen LogP contribution in [-0.4, -0.2) is 67.7 Å². The maximum Gasteiger partial charge on any atom is 0.215 e. The Kier molecular flexibility index (Phi) is 5.42. The average molecular weight is 264 g/mol. The molecule has 1 aliphatic heterocycles. The Bertz CT molecular complexity index is 377. The number of pyridine rings is 1. The first kappa shape index (κ1) is 14.1. The van der Waals surface area contributed by atoms with E-state index in [0.717, 1.165) is 45.1 Å². The van der Waals surface area contributed by atoms with Gasteiger partial charge in [-0.1, -0.05) is 6.07 Å². The van der Waals surface area contributed by atoms with Gasteiger partial charge in [-0.25, -0.2) is 0 Å². The van der Waals surface area contributed by atoms with E-state index in [1.807, 2.05) is 25.1 Å². The van der Waals surface area contributed by atoms with Gasteiger partial charge in [-0.3, -0.25) is 4.90 Å². The molecule has 0 radical (unpaired) electrons. The number of rotatable bonds is 6. The normalized spacial score (nSPS) is 17.4. The highest BCUT2D eigenvalue weighted by atomic mass is 16.5. The lowest BCUT2D eigenvalue weighted by molar-refractivity contribution is 0.158. The molecule has 0 atom stereocenters. The van der Waals surface area contributed by atoms with E-state index in [9.17, 15) is 0 Å². The van der Waals surface area contributed by atoms with Crippen molar-refractivity contribution < 1.29 is 4.74 Å². The molecule has 0 spiro atoms. The number of piperazine rings is 1. The smallest absolute Gasteiger partial charge is 0.215 e. The minimum absolute atomic E-state index is 0.651. The van der Waals surface area contributed by atoms with Crippen LogP contribution >= 0.6 is 0 Å². The first-order valence-electron chi connectivity index (χ1n) is 7.02. The van der Waals surface area contributed by atoms with Gasteiger partial charge < -0.3 is 15.0 Å². The van der Waals surface area contributed by atoms with E-state index in [2.05, 4.69) is 27.1 Å². The predicted molar refractivity (Wildman–Crippen MR) is 77.8 cm³/mol. The number of nitrogens with one attached hydrogen (secondary N) is 1. The van der Waals surface area contributed by atoms with Gasteiger partial charge in [0.05, 0.1) is 6.61 Å². The molecule has 106 valence electrons. The van der Waals surface area contributed by atoms with Crippen LogP contribution in [0.4, 0.5) is 5.82 Å². The van der Waals surface area contributed by atoms with Gasteiger partial charge in [0.2, 0.25) is 5.88 Å². The third-order valence-corrected chi connectivity index (χ3v) is 3.35. The third kappa shape index (κ3) is 4.69. The van der Waals surface area contributed by atoms with E-state index in [4.69, 9.17) is 4.74 Å². The molecule has 1 N–H and O–H groups in total. The van der Waals surface area contributed by atoms with Crippen LogP contribution in [0.1, 0.15) is 6.92 Å². The van der Waals surface area contributed by atoms with Gasteiger partial charge in [-0.2, -0.15) is 4.98 Å². The van der Waals surface area contributed by atoms with Crippen molar-refractivity contribution in [3.05, 3.63) is 18.2 Å². The van der Waals surface area contributed by atoms with Gasteiger partial charge in [-0.05, 0) is 20.0 Å². The molecule has 1 saturated heterocycles. The first-order valence-corrected chi connectivity index (χ1v) is 7.02. The second-order valence-electron chi connectivity index (χ2n) is 4.87. The molecule has 0 aliphatic carbocycles. The van der Waals surface area contributed by atoms with Crippen LogP contribution in [0.3, 0.4) is 0 Å². The zero-order valence-electron chi connectivity index (χ0n) is 11.9. The fraction of sp³-hybridized carbons (Fsp3) is 0.643. The van der Waals surface area contributed by atoms with Gasteiger partial charge in [0, 0.05) is 45.3 Å². The summed E-state index contributed by atoms with van der Waals surface area (Å²) in [6, 6.07) is 5.83. The highest BCUT2D eigenvalue weighted by Crippen LogP contribution is 2.11. The summed E-state index contributed by atoms with van der Waals surface area (Å²) in [6.45, 7) is 9.25. The molecule has 0 bridgehead atoms. The molecule has 2 rings (SSSR count). The minimum atomic E-state index is 0.651. The Labute approximate surface area is 115 Å². The van der Waals surface area contributed by atoms with Crippen LogP contribution in [0.15, 0.2) is 18.2 Å². The van der Waals surface area contributed by atoms with Gasteiger partial charge in [0.15, 0.2) is 0 Å². The lowest BCUT2D eigenvalue weighted by atomic mass is 10.3. The lowest BCUT2D eigenvalue weighted by Crippen LogP contribution is -2.45. The number of aromatic nitrogens is 1. The molecule has 0 amide bonds. The van der Waals surface area contributed by atoms with Crippen molar-refractivity contribution in [2.75, 3.05) is 58.2 Å². The van der Waals surface area contributed by atoms with Crippen LogP contribution in [0.5, 0.6) is 5.88 Å². The number of nitrogens with zero attached hydrogens (tertiary/aromatic N) is 3. The standard InChI is InChI=1S/C14H24N4O/c1-3-19-14-6-4-5-13(16-14)15-7-8-18-11-9-17(2)10-12-18/h4-6H,3,7-12H2,1-2H3,(H,15,16). The first-order chi connectivity index (χ1) is 9.28. The second-order valence-corrected chi connectivity index (χ2v) is 4.87. The Hall–Kier alpha value is -1.33. The Balaban J connectivity index is 1.71. The highest BCUT2D eigenvalue weighted by Gasteiger charge is 2.12. The summed E-state index contributed by atoms with van der Waals surface area (Å²) >= 11 is 0. The zero-order valence-corrected chi connectivity index (χ0v) is 11.9. The molecule has 1 fully saturated rings. The Morgan fingerprint density at radius 1 is 1.26 bits per heavy atom. The van der Waals surface area contributed by atoms with Crippen LogP contribution in [0.2, 0.25) is 0 Å². The topological polar surface area (TPSA) is 40.6 Å². The van der Waals surface area contributed by atoms with Crippen LogP contribution < -0.4 is 10.1 Å². The van der Waals surface area contributed by atoms with E-state index < -0.39 is 0 Å². The summed E-state index contributed by atoms with van der Waals surface area (Å²) in [5.41, 5.74) is 0. The highest BCUT2D eigenvalue weighted by molar-refractivity contribution is 5.36. The maximum absolute atomic E-state index is 5.39. The average Bonchev–Trinajstić information content (AvgIpc) is 2.42. The SMILES string of the molecule is CCOc1cccc(NCCN2CCN(C)CC2)n1. The van der Waals surface area contributed by atoms with Gasteiger partial charge in [-0.15, -0.1) is 0 Å². The second kappa shape index (κ2) is 7.31. The molecular weight excluding hydrogens is 240 g/mol. The van der Waals surface area contributed by atoms with Crippen molar-refractivity contribution in [2.45, 2.75) is 6.92 Å².